The lowest BCUT2D eigenvalue weighted by atomic mass is 10.2. The van der Waals surface area contributed by atoms with E-state index < -0.39 is 0 Å². The highest BCUT2D eigenvalue weighted by molar-refractivity contribution is 5.51. The van der Waals surface area contributed by atoms with E-state index in [0.29, 0.717) is 23.8 Å². The molecule has 0 unspecified atom stereocenters. The molecule has 0 radical (unpaired) electrons. The second-order valence-electron chi connectivity index (χ2n) is 3.96. The van der Waals surface area contributed by atoms with Crippen molar-refractivity contribution >= 4 is 5.65 Å². The molecule has 0 saturated heterocycles. The van der Waals surface area contributed by atoms with Crippen molar-refractivity contribution in [3.8, 4) is 5.75 Å². The standard InChI is InChI=1S/C13H12N4O/c1-10-15-13-12(7-14-9-17(13)16-10)18-8-11-5-3-2-4-6-11/h2-7,9H,8H2,1H3. The minimum atomic E-state index is 0.494. The molecule has 90 valence electrons. The van der Waals surface area contributed by atoms with Crippen molar-refractivity contribution < 1.29 is 4.74 Å². The third-order valence-electron chi connectivity index (χ3n) is 2.56. The normalized spacial score (nSPS) is 10.7. The van der Waals surface area contributed by atoms with E-state index in [0.717, 1.165) is 5.56 Å². The van der Waals surface area contributed by atoms with Crippen LogP contribution in [-0.4, -0.2) is 19.6 Å². The smallest absolute Gasteiger partial charge is 0.201 e. The van der Waals surface area contributed by atoms with Crippen LogP contribution >= 0.6 is 0 Å². The molecule has 18 heavy (non-hydrogen) atoms. The molecule has 0 aliphatic rings. The molecule has 0 spiro atoms. The fourth-order valence-electron chi connectivity index (χ4n) is 1.74. The van der Waals surface area contributed by atoms with Gasteiger partial charge in [-0.3, -0.25) is 0 Å². The number of aryl methyl sites for hydroxylation is 1. The number of ether oxygens (including phenoxy) is 1. The van der Waals surface area contributed by atoms with Crippen molar-refractivity contribution in [2.24, 2.45) is 0 Å². The summed E-state index contributed by atoms with van der Waals surface area (Å²) in [5.74, 6) is 1.34. The Labute approximate surface area is 104 Å². The lowest BCUT2D eigenvalue weighted by Crippen LogP contribution is -1.99. The first kappa shape index (κ1) is 10.7. The number of hydrogen-bond donors (Lipinski definition) is 0. The van der Waals surface area contributed by atoms with Gasteiger partial charge in [-0.1, -0.05) is 30.3 Å². The molecule has 3 rings (SSSR count). The van der Waals surface area contributed by atoms with Gasteiger partial charge in [0.2, 0.25) is 5.65 Å². The molecule has 0 N–H and O–H groups in total. The molecule has 0 amide bonds. The molecule has 0 saturated carbocycles. The second-order valence-corrected chi connectivity index (χ2v) is 3.96. The maximum absolute atomic E-state index is 5.73. The molecular weight excluding hydrogens is 228 g/mol. The number of aromatic nitrogens is 4. The van der Waals surface area contributed by atoms with E-state index >= 15 is 0 Å². The van der Waals surface area contributed by atoms with E-state index in [9.17, 15) is 0 Å². The first-order valence-electron chi connectivity index (χ1n) is 5.66. The summed E-state index contributed by atoms with van der Waals surface area (Å²) in [5, 5.41) is 4.19. The lowest BCUT2D eigenvalue weighted by molar-refractivity contribution is 0.306. The van der Waals surface area contributed by atoms with Gasteiger partial charge in [0.05, 0.1) is 6.20 Å². The van der Waals surface area contributed by atoms with Crippen LogP contribution in [-0.2, 0) is 6.61 Å². The van der Waals surface area contributed by atoms with E-state index in [4.69, 9.17) is 4.74 Å². The van der Waals surface area contributed by atoms with Crippen LogP contribution in [0.1, 0.15) is 11.4 Å². The molecule has 0 aliphatic carbocycles. The number of rotatable bonds is 3. The van der Waals surface area contributed by atoms with Crippen LogP contribution in [0.2, 0.25) is 0 Å². The zero-order chi connectivity index (χ0) is 12.4. The minimum Gasteiger partial charge on any atom is -0.483 e. The summed E-state index contributed by atoms with van der Waals surface area (Å²) in [5.41, 5.74) is 1.80. The Hall–Kier alpha value is -2.43. The molecule has 0 fully saturated rings. The van der Waals surface area contributed by atoms with Crippen LogP contribution < -0.4 is 4.74 Å². The molecule has 2 heterocycles. The van der Waals surface area contributed by atoms with Crippen molar-refractivity contribution in [1.82, 2.24) is 19.6 Å². The molecule has 1 aromatic carbocycles. The second kappa shape index (κ2) is 4.44. The average molecular weight is 240 g/mol. The summed E-state index contributed by atoms with van der Waals surface area (Å²) in [6.07, 6.45) is 3.27. The Bertz CT molecular complexity index is 663. The monoisotopic (exact) mass is 240 g/mol. The zero-order valence-corrected chi connectivity index (χ0v) is 9.95. The van der Waals surface area contributed by atoms with Crippen LogP contribution in [0.5, 0.6) is 5.75 Å². The molecule has 5 heteroatoms. The van der Waals surface area contributed by atoms with Gasteiger partial charge in [-0.05, 0) is 12.5 Å². The molecule has 3 aromatic rings. The SMILES string of the molecule is Cc1nc2c(OCc3ccccc3)cncn2n1. The molecule has 0 aliphatic heterocycles. The summed E-state index contributed by atoms with van der Waals surface area (Å²) in [7, 11) is 0. The van der Waals surface area contributed by atoms with Gasteiger partial charge in [0.1, 0.15) is 18.8 Å². The number of benzene rings is 1. The Morgan fingerprint density at radius 2 is 2.06 bits per heavy atom. The van der Waals surface area contributed by atoms with E-state index in [2.05, 4.69) is 15.1 Å². The fourth-order valence-corrected chi connectivity index (χ4v) is 1.74. The van der Waals surface area contributed by atoms with Gasteiger partial charge in [0.25, 0.3) is 0 Å². The third-order valence-corrected chi connectivity index (χ3v) is 2.56. The highest BCUT2D eigenvalue weighted by Gasteiger charge is 2.07. The predicted octanol–water partition coefficient (Wildman–Crippen LogP) is 2.01. The minimum absolute atomic E-state index is 0.494. The summed E-state index contributed by atoms with van der Waals surface area (Å²) in [6, 6.07) is 9.98. The van der Waals surface area contributed by atoms with Crippen molar-refractivity contribution in [3.63, 3.8) is 0 Å². The van der Waals surface area contributed by atoms with Crippen LogP contribution in [0, 0.1) is 6.92 Å². The van der Waals surface area contributed by atoms with Crippen LogP contribution in [0.15, 0.2) is 42.9 Å². The van der Waals surface area contributed by atoms with Crippen molar-refractivity contribution in [3.05, 3.63) is 54.2 Å². The molecule has 0 bridgehead atoms. The zero-order valence-electron chi connectivity index (χ0n) is 9.95. The van der Waals surface area contributed by atoms with Gasteiger partial charge >= 0.3 is 0 Å². The third kappa shape index (κ3) is 2.02. The molecule has 0 atom stereocenters. The number of hydrogen-bond acceptors (Lipinski definition) is 4. The Balaban J connectivity index is 1.86. The van der Waals surface area contributed by atoms with Gasteiger partial charge in [-0.25, -0.2) is 9.97 Å². The number of fused-ring (bicyclic) bond motifs is 1. The van der Waals surface area contributed by atoms with Crippen LogP contribution in [0.3, 0.4) is 0 Å². The largest absolute Gasteiger partial charge is 0.483 e. The van der Waals surface area contributed by atoms with Crippen LogP contribution in [0.25, 0.3) is 5.65 Å². The van der Waals surface area contributed by atoms with Gasteiger partial charge in [0, 0.05) is 0 Å². The summed E-state index contributed by atoms with van der Waals surface area (Å²) < 4.78 is 7.35. The first-order valence-corrected chi connectivity index (χ1v) is 5.66. The maximum Gasteiger partial charge on any atom is 0.201 e. The quantitative estimate of drug-likeness (QED) is 0.702. The van der Waals surface area contributed by atoms with Gasteiger partial charge in [-0.15, -0.1) is 0 Å². The highest BCUT2D eigenvalue weighted by Crippen LogP contribution is 2.17. The molecular formula is C13H12N4O. The Kier molecular flexibility index (Phi) is 2.64. The van der Waals surface area contributed by atoms with Crippen LogP contribution in [0.4, 0.5) is 0 Å². The van der Waals surface area contributed by atoms with Gasteiger partial charge in [0.15, 0.2) is 5.75 Å². The Morgan fingerprint density at radius 3 is 2.89 bits per heavy atom. The van der Waals surface area contributed by atoms with E-state index in [1.165, 1.54) is 0 Å². The summed E-state index contributed by atoms with van der Waals surface area (Å²) in [6.45, 7) is 2.34. The van der Waals surface area contributed by atoms with Crippen molar-refractivity contribution in [1.29, 1.82) is 0 Å². The molecule has 2 aromatic heterocycles. The topological polar surface area (TPSA) is 52.3 Å². The van der Waals surface area contributed by atoms with Gasteiger partial charge < -0.3 is 4.74 Å². The lowest BCUT2D eigenvalue weighted by Gasteiger charge is -2.05. The summed E-state index contributed by atoms with van der Waals surface area (Å²) in [4.78, 5) is 8.39. The van der Waals surface area contributed by atoms with Gasteiger partial charge in [-0.2, -0.15) is 9.61 Å². The maximum atomic E-state index is 5.73. The number of nitrogens with zero attached hydrogens (tertiary/aromatic N) is 4. The predicted molar refractivity (Wildman–Crippen MR) is 66.3 cm³/mol. The average Bonchev–Trinajstić information content (AvgIpc) is 2.78. The van der Waals surface area contributed by atoms with E-state index in [1.54, 1.807) is 17.0 Å². The molecule has 5 nitrogen and oxygen atoms in total. The van der Waals surface area contributed by atoms with Crippen molar-refractivity contribution in [2.45, 2.75) is 13.5 Å². The Morgan fingerprint density at radius 1 is 1.22 bits per heavy atom. The summed E-state index contributed by atoms with van der Waals surface area (Å²) >= 11 is 0. The fraction of sp³-hybridized carbons (Fsp3) is 0.154. The van der Waals surface area contributed by atoms with E-state index in [-0.39, 0.29) is 0 Å². The highest BCUT2D eigenvalue weighted by atomic mass is 16.5. The first-order chi connectivity index (χ1) is 8.83. The van der Waals surface area contributed by atoms with Crippen molar-refractivity contribution in [2.75, 3.05) is 0 Å². The van der Waals surface area contributed by atoms with E-state index in [1.807, 2.05) is 37.3 Å².